The van der Waals surface area contributed by atoms with Crippen molar-refractivity contribution in [2.75, 3.05) is 7.11 Å². The first-order valence-corrected chi connectivity index (χ1v) is 6.29. The second-order valence-corrected chi connectivity index (χ2v) is 4.85. The second kappa shape index (κ2) is 5.63. The molecule has 2 amide bonds. The van der Waals surface area contributed by atoms with E-state index >= 15 is 0 Å². The van der Waals surface area contributed by atoms with Gasteiger partial charge < -0.3 is 15.4 Å². The standard InChI is InChI=1S/C13H15F2N3O3/c1-13(14,15)12(20)17-8-6-9(19)18-11(8)7-3-4-16-10(5-7)21-2/h3-5,8,11H,6H2,1-2H3,(H,17,20)(H,18,19)/t8-,11?/m0/s1. The van der Waals surface area contributed by atoms with Crippen molar-refractivity contribution < 1.29 is 23.1 Å². The van der Waals surface area contributed by atoms with E-state index in [1.807, 2.05) is 0 Å². The summed E-state index contributed by atoms with van der Waals surface area (Å²) in [6.45, 7) is 0.511. The summed E-state index contributed by atoms with van der Waals surface area (Å²) < 4.78 is 30.9. The summed E-state index contributed by atoms with van der Waals surface area (Å²) in [5, 5.41) is 4.85. The highest BCUT2D eigenvalue weighted by Crippen LogP contribution is 2.27. The lowest BCUT2D eigenvalue weighted by Gasteiger charge is -2.22. The zero-order valence-electron chi connectivity index (χ0n) is 11.5. The molecular weight excluding hydrogens is 284 g/mol. The number of halogens is 2. The molecule has 1 saturated heterocycles. The number of nitrogens with one attached hydrogen (secondary N) is 2. The molecule has 2 N–H and O–H groups in total. The monoisotopic (exact) mass is 299 g/mol. The van der Waals surface area contributed by atoms with Crippen LogP contribution in [0.25, 0.3) is 0 Å². The van der Waals surface area contributed by atoms with Crippen LogP contribution < -0.4 is 15.4 Å². The van der Waals surface area contributed by atoms with E-state index in [-0.39, 0.29) is 12.3 Å². The molecule has 2 rings (SSSR count). The Hall–Kier alpha value is -2.25. The highest BCUT2D eigenvalue weighted by atomic mass is 19.3. The zero-order valence-corrected chi connectivity index (χ0v) is 11.5. The maximum atomic E-state index is 13.0. The van der Waals surface area contributed by atoms with Gasteiger partial charge in [0, 0.05) is 25.6 Å². The van der Waals surface area contributed by atoms with Crippen molar-refractivity contribution in [1.82, 2.24) is 15.6 Å². The normalized spacial score (nSPS) is 21.8. The van der Waals surface area contributed by atoms with Crippen molar-refractivity contribution in [1.29, 1.82) is 0 Å². The Balaban J connectivity index is 2.20. The Morgan fingerprint density at radius 2 is 2.29 bits per heavy atom. The SMILES string of the molecule is COc1cc(C2NC(=O)C[C@@H]2NC(=O)C(C)(F)F)ccn1. The topological polar surface area (TPSA) is 80.3 Å². The molecule has 6 nitrogen and oxygen atoms in total. The molecule has 114 valence electrons. The first kappa shape index (κ1) is 15.1. The smallest absolute Gasteiger partial charge is 0.321 e. The van der Waals surface area contributed by atoms with Gasteiger partial charge in [-0.2, -0.15) is 8.78 Å². The fourth-order valence-corrected chi connectivity index (χ4v) is 2.13. The Morgan fingerprint density at radius 1 is 1.57 bits per heavy atom. The molecule has 21 heavy (non-hydrogen) atoms. The number of nitrogens with zero attached hydrogens (tertiary/aromatic N) is 1. The molecule has 0 aliphatic carbocycles. The third-order valence-corrected chi connectivity index (χ3v) is 3.17. The molecule has 0 spiro atoms. The van der Waals surface area contributed by atoms with Gasteiger partial charge in [0.1, 0.15) is 0 Å². The summed E-state index contributed by atoms with van der Waals surface area (Å²) in [6.07, 6.45) is 1.42. The lowest BCUT2D eigenvalue weighted by atomic mass is 10.0. The van der Waals surface area contributed by atoms with Crippen molar-refractivity contribution in [3.63, 3.8) is 0 Å². The molecule has 1 unspecified atom stereocenters. The summed E-state index contributed by atoms with van der Waals surface area (Å²) in [7, 11) is 1.44. The van der Waals surface area contributed by atoms with E-state index in [2.05, 4.69) is 15.6 Å². The second-order valence-electron chi connectivity index (χ2n) is 4.85. The Labute approximate surface area is 119 Å². The Bertz CT molecular complexity index is 560. The molecule has 2 heterocycles. The van der Waals surface area contributed by atoms with Crippen LogP contribution in [0, 0.1) is 0 Å². The third-order valence-electron chi connectivity index (χ3n) is 3.17. The fourth-order valence-electron chi connectivity index (χ4n) is 2.13. The molecule has 1 aliphatic rings. The van der Waals surface area contributed by atoms with E-state index in [0.717, 1.165) is 0 Å². The molecule has 0 saturated carbocycles. The molecule has 0 aromatic carbocycles. The van der Waals surface area contributed by atoms with Gasteiger partial charge in [0.15, 0.2) is 0 Å². The fraction of sp³-hybridized carbons (Fsp3) is 0.462. The van der Waals surface area contributed by atoms with Crippen LogP contribution in [0.3, 0.4) is 0 Å². The van der Waals surface area contributed by atoms with Gasteiger partial charge in [0.05, 0.1) is 19.2 Å². The minimum absolute atomic E-state index is 0.0584. The largest absolute Gasteiger partial charge is 0.481 e. The molecule has 1 aromatic rings. The van der Waals surface area contributed by atoms with Crippen molar-refractivity contribution in [3.05, 3.63) is 23.9 Å². The van der Waals surface area contributed by atoms with E-state index in [0.29, 0.717) is 18.4 Å². The number of pyridine rings is 1. The first-order valence-electron chi connectivity index (χ1n) is 6.29. The van der Waals surface area contributed by atoms with Gasteiger partial charge in [0.2, 0.25) is 11.8 Å². The first-order chi connectivity index (χ1) is 9.81. The molecule has 1 aromatic heterocycles. The van der Waals surface area contributed by atoms with Crippen molar-refractivity contribution >= 4 is 11.8 Å². The number of alkyl halides is 2. The maximum Gasteiger partial charge on any atom is 0.321 e. The van der Waals surface area contributed by atoms with Crippen LogP contribution in [0.1, 0.15) is 24.9 Å². The summed E-state index contributed by atoms with van der Waals surface area (Å²) in [5.41, 5.74) is 0.623. The average molecular weight is 299 g/mol. The predicted molar refractivity (Wildman–Crippen MR) is 68.8 cm³/mol. The van der Waals surface area contributed by atoms with Gasteiger partial charge in [-0.1, -0.05) is 0 Å². The summed E-state index contributed by atoms with van der Waals surface area (Å²) in [6, 6.07) is 1.87. The predicted octanol–water partition coefficient (Wildman–Crippen LogP) is 0.791. The number of hydrogen-bond acceptors (Lipinski definition) is 4. The number of aromatic nitrogens is 1. The molecule has 2 atom stereocenters. The van der Waals surface area contributed by atoms with E-state index in [9.17, 15) is 18.4 Å². The van der Waals surface area contributed by atoms with Crippen molar-refractivity contribution in [2.24, 2.45) is 0 Å². The van der Waals surface area contributed by atoms with Gasteiger partial charge in [0.25, 0.3) is 5.91 Å². The number of ether oxygens (including phenoxy) is 1. The Morgan fingerprint density at radius 3 is 2.90 bits per heavy atom. The maximum absolute atomic E-state index is 13.0. The van der Waals surface area contributed by atoms with E-state index in [1.165, 1.54) is 13.3 Å². The lowest BCUT2D eigenvalue weighted by molar-refractivity contribution is -0.143. The number of hydrogen-bond donors (Lipinski definition) is 2. The molecule has 0 bridgehead atoms. The van der Waals surface area contributed by atoms with Gasteiger partial charge in [-0.15, -0.1) is 0 Å². The van der Waals surface area contributed by atoms with Gasteiger partial charge in [-0.25, -0.2) is 4.98 Å². The van der Waals surface area contributed by atoms with Gasteiger partial charge in [-0.05, 0) is 11.6 Å². The minimum Gasteiger partial charge on any atom is -0.481 e. The van der Waals surface area contributed by atoms with E-state index in [1.54, 1.807) is 12.1 Å². The molecule has 0 radical (unpaired) electrons. The van der Waals surface area contributed by atoms with Crippen LogP contribution in [0.15, 0.2) is 18.3 Å². The van der Waals surface area contributed by atoms with Crippen LogP contribution in [0.5, 0.6) is 5.88 Å². The summed E-state index contributed by atoms with van der Waals surface area (Å²) in [5.74, 6) is -4.89. The van der Waals surface area contributed by atoms with Crippen LogP contribution in [0.4, 0.5) is 8.78 Å². The van der Waals surface area contributed by atoms with E-state index in [4.69, 9.17) is 4.74 Å². The van der Waals surface area contributed by atoms with Gasteiger partial charge in [-0.3, -0.25) is 9.59 Å². The highest BCUT2D eigenvalue weighted by Gasteiger charge is 2.40. The van der Waals surface area contributed by atoms with Crippen LogP contribution in [-0.2, 0) is 9.59 Å². The Kier molecular flexibility index (Phi) is 4.06. The van der Waals surface area contributed by atoms with Crippen molar-refractivity contribution in [2.45, 2.75) is 31.4 Å². The quantitative estimate of drug-likeness (QED) is 0.861. The third kappa shape index (κ3) is 3.45. The van der Waals surface area contributed by atoms with Crippen LogP contribution in [-0.4, -0.2) is 35.9 Å². The minimum atomic E-state index is -3.49. The number of rotatable bonds is 4. The lowest BCUT2D eigenvalue weighted by Crippen LogP contribution is -2.45. The molecule has 1 fully saturated rings. The summed E-state index contributed by atoms with van der Waals surface area (Å²) >= 11 is 0. The van der Waals surface area contributed by atoms with Crippen LogP contribution in [0.2, 0.25) is 0 Å². The average Bonchev–Trinajstić information content (AvgIpc) is 2.78. The van der Waals surface area contributed by atoms with Crippen LogP contribution >= 0.6 is 0 Å². The highest BCUT2D eigenvalue weighted by molar-refractivity contribution is 5.86. The molecule has 1 aliphatic heterocycles. The zero-order chi connectivity index (χ0) is 15.6. The number of methoxy groups -OCH3 is 1. The van der Waals surface area contributed by atoms with E-state index < -0.39 is 23.9 Å². The number of carbonyl (C=O) groups is 2. The van der Waals surface area contributed by atoms with Gasteiger partial charge >= 0.3 is 5.92 Å². The molecular formula is C13H15F2N3O3. The summed E-state index contributed by atoms with van der Waals surface area (Å²) in [4.78, 5) is 26.8. The number of amides is 2. The molecule has 8 heteroatoms. The number of carbonyl (C=O) groups excluding carboxylic acids is 2. The van der Waals surface area contributed by atoms with Crippen molar-refractivity contribution in [3.8, 4) is 5.88 Å².